The maximum Gasteiger partial charge on any atom is 0.273 e. The highest BCUT2D eigenvalue weighted by molar-refractivity contribution is 8.13. The van der Waals surface area contributed by atoms with Gasteiger partial charge in [-0.1, -0.05) is 13.8 Å². The lowest BCUT2D eigenvalue weighted by Gasteiger charge is -2.22. The molecule has 0 aliphatic carbocycles. The highest BCUT2D eigenvalue weighted by atomic mass is 35.7. The average molecular weight is 336 g/mol. The van der Waals surface area contributed by atoms with Crippen molar-refractivity contribution < 1.29 is 17.9 Å². The van der Waals surface area contributed by atoms with Gasteiger partial charge in [-0.05, 0) is 18.8 Å². The Morgan fingerprint density at radius 3 is 2.76 bits per heavy atom. The van der Waals surface area contributed by atoms with Crippen LogP contribution in [0.3, 0.4) is 0 Å². The predicted octanol–water partition coefficient (Wildman–Crippen LogP) is 1.37. The molecule has 0 spiro atoms. The first-order chi connectivity index (χ1) is 9.80. The van der Waals surface area contributed by atoms with Crippen LogP contribution in [-0.4, -0.2) is 43.8 Å². The molecule has 1 amide bonds. The molecule has 1 aliphatic rings. The molecular weight excluding hydrogens is 318 g/mol. The fraction of sp³-hybridized carbons (Fsp3) is 0.667. The van der Waals surface area contributed by atoms with E-state index in [2.05, 4.69) is 15.5 Å². The van der Waals surface area contributed by atoms with Crippen LogP contribution in [-0.2, 0) is 13.8 Å². The van der Waals surface area contributed by atoms with Crippen LogP contribution >= 0.6 is 10.7 Å². The summed E-state index contributed by atoms with van der Waals surface area (Å²) in [6.45, 7) is 4.66. The maximum absolute atomic E-state index is 12.2. The zero-order valence-electron chi connectivity index (χ0n) is 11.8. The first-order valence-corrected chi connectivity index (χ1v) is 9.03. The summed E-state index contributed by atoms with van der Waals surface area (Å²) in [6, 6.07) is -0.142. The van der Waals surface area contributed by atoms with Gasteiger partial charge in [0.2, 0.25) is 0 Å². The second kappa shape index (κ2) is 6.33. The minimum atomic E-state index is -4.07. The number of nitrogens with one attached hydrogen (secondary N) is 2. The lowest BCUT2D eigenvalue weighted by molar-refractivity contribution is 0.0620. The van der Waals surface area contributed by atoms with E-state index >= 15 is 0 Å². The Balaban J connectivity index is 2.28. The molecule has 9 heteroatoms. The minimum absolute atomic E-state index is 0.142. The molecule has 0 saturated carbocycles. The van der Waals surface area contributed by atoms with Crippen molar-refractivity contribution in [3.63, 3.8) is 0 Å². The van der Waals surface area contributed by atoms with E-state index in [1.807, 2.05) is 0 Å². The number of carbonyl (C=O) groups is 1. The third-order valence-electron chi connectivity index (χ3n) is 3.28. The van der Waals surface area contributed by atoms with Crippen molar-refractivity contribution in [1.29, 1.82) is 0 Å². The summed E-state index contributed by atoms with van der Waals surface area (Å²) in [5, 5.41) is 9.15. The number of hydrogen-bond acceptors (Lipinski definition) is 5. The molecule has 1 aromatic heterocycles. The van der Waals surface area contributed by atoms with Gasteiger partial charge >= 0.3 is 0 Å². The highest BCUT2D eigenvalue weighted by Gasteiger charge is 2.30. The average Bonchev–Trinajstić information content (AvgIpc) is 2.84. The quantitative estimate of drug-likeness (QED) is 0.809. The molecule has 1 fully saturated rings. The van der Waals surface area contributed by atoms with Gasteiger partial charge in [-0.25, -0.2) is 8.42 Å². The Kier molecular flexibility index (Phi) is 4.90. The standard InChI is InChI=1S/C12H18ClN3O4S/c1-7(2)9-11(21(13,18)19)10(16-15-9)12(17)14-8-4-3-5-20-6-8/h7-8H,3-6H2,1-2H3,(H,14,17)(H,15,16). The molecule has 1 aliphatic heterocycles. The second-order valence-electron chi connectivity index (χ2n) is 5.30. The fourth-order valence-electron chi connectivity index (χ4n) is 2.25. The Labute approximate surface area is 127 Å². The lowest BCUT2D eigenvalue weighted by atomic mass is 10.1. The van der Waals surface area contributed by atoms with E-state index in [1.54, 1.807) is 13.8 Å². The summed E-state index contributed by atoms with van der Waals surface area (Å²) in [6.07, 6.45) is 1.64. The van der Waals surface area contributed by atoms with Gasteiger partial charge in [0.25, 0.3) is 15.0 Å². The zero-order valence-corrected chi connectivity index (χ0v) is 13.4. The number of halogens is 1. The number of nitrogens with zero attached hydrogens (tertiary/aromatic N) is 1. The number of amides is 1. The Bertz CT molecular complexity index is 620. The largest absolute Gasteiger partial charge is 0.379 e. The van der Waals surface area contributed by atoms with Crippen LogP contribution < -0.4 is 5.32 Å². The van der Waals surface area contributed by atoms with Crippen molar-refractivity contribution in [2.75, 3.05) is 13.2 Å². The first kappa shape index (κ1) is 16.3. The lowest BCUT2D eigenvalue weighted by Crippen LogP contribution is -2.41. The number of carbonyl (C=O) groups excluding carboxylic acids is 1. The number of rotatable bonds is 4. The number of ether oxygens (including phenoxy) is 1. The molecule has 2 rings (SSSR count). The molecule has 1 unspecified atom stereocenters. The van der Waals surface area contributed by atoms with Crippen LogP contribution in [0.5, 0.6) is 0 Å². The number of H-pyrrole nitrogens is 1. The number of aromatic nitrogens is 2. The van der Waals surface area contributed by atoms with Crippen LogP contribution in [0.4, 0.5) is 0 Å². The molecule has 0 radical (unpaired) electrons. The summed E-state index contributed by atoms with van der Waals surface area (Å²) in [5.41, 5.74) is 0.134. The molecule has 0 aromatic carbocycles. The summed E-state index contributed by atoms with van der Waals surface area (Å²) in [7, 11) is 1.38. The summed E-state index contributed by atoms with van der Waals surface area (Å²) in [5.74, 6) is -0.714. The normalized spacial score (nSPS) is 19.7. The van der Waals surface area contributed by atoms with Crippen molar-refractivity contribution in [3.05, 3.63) is 11.4 Å². The summed E-state index contributed by atoms with van der Waals surface area (Å²) < 4.78 is 28.7. The molecule has 1 atom stereocenters. The second-order valence-corrected chi connectivity index (χ2v) is 7.80. The fourth-order valence-corrected chi connectivity index (χ4v) is 3.63. The van der Waals surface area contributed by atoms with Crippen molar-refractivity contribution >= 4 is 25.6 Å². The molecule has 118 valence electrons. The van der Waals surface area contributed by atoms with Gasteiger partial charge in [-0.2, -0.15) is 5.10 Å². The topological polar surface area (TPSA) is 101 Å². The highest BCUT2D eigenvalue weighted by Crippen LogP contribution is 2.27. The summed E-state index contributed by atoms with van der Waals surface area (Å²) >= 11 is 0. The molecule has 7 nitrogen and oxygen atoms in total. The first-order valence-electron chi connectivity index (χ1n) is 6.72. The molecular formula is C12H18ClN3O4S. The van der Waals surface area contributed by atoms with Gasteiger partial charge in [-0.3, -0.25) is 9.89 Å². The maximum atomic E-state index is 12.2. The van der Waals surface area contributed by atoms with E-state index in [0.29, 0.717) is 18.9 Å². The molecule has 0 bridgehead atoms. The SMILES string of the molecule is CC(C)c1[nH]nc(C(=O)NC2CCCOC2)c1S(=O)(=O)Cl. The van der Waals surface area contributed by atoms with Crippen LogP contribution in [0, 0.1) is 0 Å². The molecule has 2 heterocycles. The monoisotopic (exact) mass is 335 g/mol. The third-order valence-corrected chi connectivity index (χ3v) is 4.64. The van der Waals surface area contributed by atoms with E-state index in [1.165, 1.54) is 0 Å². The van der Waals surface area contributed by atoms with Gasteiger partial charge in [0.1, 0.15) is 4.90 Å². The number of aromatic amines is 1. The Morgan fingerprint density at radius 1 is 1.52 bits per heavy atom. The molecule has 1 aromatic rings. The Hall–Kier alpha value is -1.12. The number of hydrogen-bond donors (Lipinski definition) is 2. The van der Waals surface area contributed by atoms with E-state index in [-0.39, 0.29) is 22.5 Å². The van der Waals surface area contributed by atoms with Crippen LogP contribution in [0.15, 0.2) is 4.90 Å². The van der Waals surface area contributed by atoms with Crippen molar-refractivity contribution in [2.45, 2.75) is 43.5 Å². The molecule has 21 heavy (non-hydrogen) atoms. The van der Waals surface area contributed by atoms with E-state index in [9.17, 15) is 13.2 Å². The van der Waals surface area contributed by atoms with Crippen LogP contribution in [0.2, 0.25) is 0 Å². The minimum Gasteiger partial charge on any atom is -0.379 e. The van der Waals surface area contributed by atoms with Gasteiger partial charge in [0.05, 0.1) is 18.3 Å². The van der Waals surface area contributed by atoms with Gasteiger partial charge < -0.3 is 10.1 Å². The van der Waals surface area contributed by atoms with E-state index < -0.39 is 15.0 Å². The third kappa shape index (κ3) is 3.75. The smallest absolute Gasteiger partial charge is 0.273 e. The molecule has 2 N–H and O–H groups in total. The van der Waals surface area contributed by atoms with Crippen molar-refractivity contribution in [3.8, 4) is 0 Å². The van der Waals surface area contributed by atoms with E-state index in [4.69, 9.17) is 15.4 Å². The Morgan fingerprint density at radius 2 is 2.24 bits per heavy atom. The van der Waals surface area contributed by atoms with Crippen molar-refractivity contribution in [2.24, 2.45) is 0 Å². The molecule has 1 saturated heterocycles. The van der Waals surface area contributed by atoms with E-state index in [0.717, 1.165) is 12.8 Å². The van der Waals surface area contributed by atoms with Crippen LogP contribution in [0.1, 0.15) is 48.8 Å². The predicted molar refractivity (Wildman–Crippen MR) is 77.0 cm³/mol. The zero-order chi connectivity index (χ0) is 15.6. The van der Waals surface area contributed by atoms with Crippen LogP contribution in [0.25, 0.3) is 0 Å². The summed E-state index contributed by atoms with van der Waals surface area (Å²) in [4.78, 5) is 12.0. The van der Waals surface area contributed by atoms with Gasteiger partial charge in [-0.15, -0.1) is 0 Å². The van der Waals surface area contributed by atoms with Gasteiger partial charge in [0, 0.05) is 17.3 Å². The van der Waals surface area contributed by atoms with Crippen molar-refractivity contribution in [1.82, 2.24) is 15.5 Å². The van der Waals surface area contributed by atoms with Gasteiger partial charge in [0.15, 0.2) is 5.69 Å².